The molecule has 1 aliphatic carbocycles. The normalized spacial score (nSPS) is 22.2. The minimum Gasteiger partial charge on any atom is -0.466 e. The molecule has 2 atom stereocenters. The number of hydrogen-bond donors (Lipinski definition) is 0. The van der Waals surface area contributed by atoms with E-state index in [-0.39, 0.29) is 17.8 Å². The maximum atomic E-state index is 11.4. The number of esters is 1. The largest absolute Gasteiger partial charge is 0.466 e. The Morgan fingerprint density at radius 2 is 2.50 bits per heavy atom. The maximum Gasteiger partial charge on any atom is 0.309 e. The molecule has 1 heterocycles. The van der Waals surface area contributed by atoms with Crippen LogP contribution in [0.2, 0.25) is 0 Å². The fourth-order valence-electron chi connectivity index (χ4n) is 1.72. The molecule has 0 saturated heterocycles. The Balaban J connectivity index is 2.01. The van der Waals surface area contributed by atoms with Crippen molar-refractivity contribution in [3.8, 4) is 6.07 Å². The lowest BCUT2D eigenvalue weighted by atomic mass is 10.2. The van der Waals surface area contributed by atoms with Gasteiger partial charge < -0.3 is 4.74 Å². The van der Waals surface area contributed by atoms with Crippen LogP contribution >= 0.6 is 0 Å². The molecule has 16 heavy (non-hydrogen) atoms. The number of aromatic nitrogens is 1. The van der Waals surface area contributed by atoms with Gasteiger partial charge in [-0.15, -0.1) is 0 Å². The number of rotatable bonds is 3. The Kier molecular flexibility index (Phi) is 2.86. The van der Waals surface area contributed by atoms with Crippen molar-refractivity contribution in [2.45, 2.75) is 19.3 Å². The van der Waals surface area contributed by atoms with Crippen LogP contribution in [0.25, 0.3) is 0 Å². The van der Waals surface area contributed by atoms with Gasteiger partial charge in [0, 0.05) is 17.8 Å². The van der Waals surface area contributed by atoms with Crippen LogP contribution in [0, 0.1) is 17.2 Å². The predicted octanol–water partition coefficient (Wildman–Crippen LogP) is 1.62. The molecule has 0 amide bonds. The van der Waals surface area contributed by atoms with Crippen LogP contribution in [0.3, 0.4) is 0 Å². The minimum absolute atomic E-state index is 0.0413. The van der Waals surface area contributed by atoms with Crippen molar-refractivity contribution in [2.75, 3.05) is 6.61 Å². The van der Waals surface area contributed by atoms with Crippen LogP contribution in [0.4, 0.5) is 0 Å². The Bertz CT molecular complexity index is 433. The first-order valence-electron chi connectivity index (χ1n) is 5.29. The molecule has 0 radical (unpaired) electrons. The molecule has 0 N–H and O–H groups in total. The van der Waals surface area contributed by atoms with Crippen LogP contribution in [0.15, 0.2) is 18.3 Å². The smallest absolute Gasteiger partial charge is 0.309 e. The van der Waals surface area contributed by atoms with Crippen molar-refractivity contribution < 1.29 is 9.53 Å². The third-order valence-electron chi connectivity index (χ3n) is 2.68. The number of pyridine rings is 1. The number of hydrogen-bond acceptors (Lipinski definition) is 4. The fourth-order valence-corrected chi connectivity index (χ4v) is 1.72. The second kappa shape index (κ2) is 4.31. The van der Waals surface area contributed by atoms with E-state index < -0.39 is 0 Å². The van der Waals surface area contributed by atoms with Gasteiger partial charge in [-0.1, -0.05) is 0 Å². The van der Waals surface area contributed by atoms with Crippen LogP contribution in [0.1, 0.15) is 30.5 Å². The molecule has 0 spiro atoms. The summed E-state index contributed by atoms with van der Waals surface area (Å²) >= 11 is 0. The Morgan fingerprint density at radius 1 is 1.69 bits per heavy atom. The van der Waals surface area contributed by atoms with Gasteiger partial charge in [0.25, 0.3) is 0 Å². The molecule has 2 unspecified atom stereocenters. The highest BCUT2D eigenvalue weighted by Crippen LogP contribution is 2.47. The quantitative estimate of drug-likeness (QED) is 0.720. The predicted molar refractivity (Wildman–Crippen MR) is 56.4 cm³/mol. The van der Waals surface area contributed by atoms with Crippen molar-refractivity contribution in [3.63, 3.8) is 0 Å². The SMILES string of the molecule is CCOC(=O)C1CC1c1ccc(C#N)cn1. The number of carbonyl (C=O) groups excluding carboxylic acids is 1. The summed E-state index contributed by atoms with van der Waals surface area (Å²) in [5, 5.41) is 8.63. The molecule has 0 bridgehead atoms. The highest BCUT2D eigenvalue weighted by Gasteiger charge is 2.46. The third kappa shape index (κ3) is 2.03. The van der Waals surface area contributed by atoms with Crippen molar-refractivity contribution in [3.05, 3.63) is 29.6 Å². The summed E-state index contributed by atoms with van der Waals surface area (Å²) < 4.78 is 4.94. The van der Waals surface area contributed by atoms with Crippen LogP contribution in [0.5, 0.6) is 0 Å². The van der Waals surface area contributed by atoms with Crippen molar-refractivity contribution in [2.24, 2.45) is 5.92 Å². The molecule has 4 heteroatoms. The minimum atomic E-state index is -0.140. The summed E-state index contributed by atoms with van der Waals surface area (Å²) in [6, 6.07) is 5.55. The fraction of sp³-hybridized carbons (Fsp3) is 0.417. The van der Waals surface area contributed by atoms with Crippen LogP contribution < -0.4 is 0 Å². The van der Waals surface area contributed by atoms with E-state index in [0.717, 1.165) is 12.1 Å². The number of carbonyl (C=O) groups is 1. The van der Waals surface area contributed by atoms with Gasteiger partial charge in [-0.25, -0.2) is 0 Å². The molecule has 1 saturated carbocycles. The maximum absolute atomic E-state index is 11.4. The van der Waals surface area contributed by atoms with E-state index in [2.05, 4.69) is 4.98 Å². The van der Waals surface area contributed by atoms with E-state index in [9.17, 15) is 4.79 Å². The van der Waals surface area contributed by atoms with E-state index >= 15 is 0 Å². The second-order valence-electron chi connectivity index (χ2n) is 3.78. The molecule has 2 rings (SSSR count). The first kappa shape index (κ1) is 10.6. The Hall–Kier alpha value is -1.89. The van der Waals surface area contributed by atoms with E-state index in [1.807, 2.05) is 12.1 Å². The zero-order chi connectivity index (χ0) is 11.5. The first-order chi connectivity index (χ1) is 7.76. The third-order valence-corrected chi connectivity index (χ3v) is 2.68. The Morgan fingerprint density at radius 3 is 3.06 bits per heavy atom. The van der Waals surface area contributed by atoms with Gasteiger partial charge in [-0.3, -0.25) is 9.78 Å². The van der Waals surface area contributed by atoms with Gasteiger partial charge in [0.15, 0.2) is 0 Å². The van der Waals surface area contributed by atoms with Gasteiger partial charge in [0.1, 0.15) is 6.07 Å². The summed E-state index contributed by atoms with van der Waals surface area (Å²) in [4.78, 5) is 15.6. The summed E-state index contributed by atoms with van der Waals surface area (Å²) in [6.07, 6.45) is 2.34. The van der Waals surface area contributed by atoms with E-state index in [4.69, 9.17) is 10.00 Å². The topological polar surface area (TPSA) is 63.0 Å². The lowest BCUT2D eigenvalue weighted by Gasteiger charge is -2.00. The average Bonchev–Trinajstić information content (AvgIpc) is 3.09. The van der Waals surface area contributed by atoms with Gasteiger partial charge in [-0.05, 0) is 25.5 Å². The molecule has 0 aromatic carbocycles. The van der Waals surface area contributed by atoms with Gasteiger partial charge in [0.05, 0.1) is 18.1 Å². The lowest BCUT2D eigenvalue weighted by molar-refractivity contribution is -0.144. The lowest BCUT2D eigenvalue weighted by Crippen LogP contribution is -2.07. The second-order valence-corrected chi connectivity index (χ2v) is 3.78. The summed E-state index contributed by atoms with van der Waals surface area (Å²) in [5.74, 6) is -0.00848. The molecule has 1 fully saturated rings. The monoisotopic (exact) mass is 216 g/mol. The molecular formula is C12H12N2O2. The summed E-state index contributed by atoms with van der Waals surface area (Å²) in [5.41, 5.74) is 1.41. The van der Waals surface area contributed by atoms with Crippen molar-refractivity contribution >= 4 is 5.97 Å². The van der Waals surface area contributed by atoms with E-state index in [1.54, 1.807) is 13.0 Å². The zero-order valence-electron chi connectivity index (χ0n) is 9.01. The number of nitriles is 1. The van der Waals surface area contributed by atoms with Gasteiger partial charge in [-0.2, -0.15) is 5.26 Å². The van der Waals surface area contributed by atoms with Crippen LogP contribution in [-0.4, -0.2) is 17.6 Å². The molecule has 4 nitrogen and oxygen atoms in total. The molecular weight excluding hydrogens is 204 g/mol. The summed E-state index contributed by atoms with van der Waals surface area (Å²) in [6.45, 7) is 2.22. The standard InChI is InChI=1S/C12H12N2O2/c1-2-16-12(15)10-5-9(10)11-4-3-8(6-13)7-14-11/h3-4,7,9-10H,2,5H2,1H3. The van der Waals surface area contributed by atoms with Gasteiger partial charge in [0.2, 0.25) is 0 Å². The van der Waals surface area contributed by atoms with Crippen molar-refractivity contribution in [1.82, 2.24) is 4.98 Å². The van der Waals surface area contributed by atoms with Gasteiger partial charge >= 0.3 is 5.97 Å². The highest BCUT2D eigenvalue weighted by atomic mass is 16.5. The zero-order valence-corrected chi connectivity index (χ0v) is 9.01. The van der Waals surface area contributed by atoms with E-state index in [1.165, 1.54) is 6.20 Å². The van der Waals surface area contributed by atoms with E-state index in [0.29, 0.717) is 12.2 Å². The molecule has 1 aromatic rings. The number of nitrogens with zero attached hydrogens (tertiary/aromatic N) is 2. The van der Waals surface area contributed by atoms with Crippen LogP contribution in [-0.2, 0) is 9.53 Å². The van der Waals surface area contributed by atoms with Crippen molar-refractivity contribution in [1.29, 1.82) is 5.26 Å². The highest BCUT2D eigenvalue weighted by molar-refractivity contribution is 5.77. The summed E-state index contributed by atoms with van der Waals surface area (Å²) in [7, 11) is 0. The average molecular weight is 216 g/mol. The molecule has 0 aliphatic heterocycles. The molecule has 1 aliphatic rings. The Labute approximate surface area is 93.9 Å². The first-order valence-corrected chi connectivity index (χ1v) is 5.29. The molecule has 82 valence electrons. The number of ether oxygens (including phenoxy) is 1. The molecule has 1 aromatic heterocycles.